The highest BCUT2D eigenvalue weighted by molar-refractivity contribution is 7.89. The lowest BCUT2D eigenvalue weighted by Gasteiger charge is -2.54. The van der Waals surface area contributed by atoms with E-state index in [2.05, 4.69) is 0 Å². The second-order valence-corrected chi connectivity index (χ2v) is 10.5. The Balaban J connectivity index is 1.71. The molecule has 1 heterocycles. The highest BCUT2D eigenvalue weighted by Crippen LogP contribution is 2.50. The SMILES string of the molecule is Cc1ccc(S(=O)(=O)N2C(=O)C(c3ccccc3)(c3ccccc3)[C@@H]2/C=C/c2ccccc2)cc1. The van der Waals surface area contributed by atoms with E-state index >= 15 is 0 Å². The zero-order chi connectivity index (χ0) is 24.5. The molecule has 0 aromatic heterocycles. The number of amides is 1. The zero-order valence-corrected chi connectivity index (χ0v) is 20.1. The Morgan fingerprint density at radius 1 is 0.714 bits per heavy atom. The third-order valence-corrected chi connectivity index (χ3v) is 8.32. The Morgan fingerprint density at radius 3 is 1.71 bits per heavy atom. The van der Waals surface area contributed by atoms with Crippen LogP contribution in [0.4, 0.5) is 0 Å². The molecule has 1 amide bonds. The maximum atomic E-state index is 14.1. The molecular weight excluding hydrogens is 454 g/mol. The van der Waals surface area contributed by atoms with E-state index in [-0.39, 0.29) is 4.90 Å². The molecule has 0 saturated carbocycles. The Morgan fingerprint density at radius 2 is 1.20 bits per heavy atom. The van der Waals surface area contributed by atoms with Crippen molar-refractivity contribution in [2.45, 2.75) is 23.3 Å². The predicted octanol–water partition coefficient (Wildman–Crippen LogP) is 5.59. The highest BCUT2D eigenvalue weighted by atomic mass is 32.2. The van der Waals surface area contributed by atoms with Crippen LogP contribution in [0.3, 0.4) is 0 Å². The summed E-state index contributed by atoms with van der Waals surface area (Å²) < 4.78 is 28.6. The number of hydrogen-bond acceptors (Lipinski definition) is 3. The summed E-state index contributed by atoms with van der Waals surface area (Å²) in [6.45, 7) is 1.90. The van der Waals surface area contributed by atoms with Crippen LogP contribution in [-0.2, 0) is 20.2 Å². The van der Waals surface area contributed by atoms with Gasteiger partial charge in [-0.25, -0.2) is 12.7 Å². The van der Waals surface area contributed by atoms with Gasteiger partial charge >= 0.3 is 0 Å². The van der Waals surface area contributed by atoms with E-state index in [1.54, 1.807) is 24.3 Å². The fourth-order valence-electron chi connectivity index (χ4n) is 4.76. The van der Waals surface area contributed by atoms with Crippen LogP contribution in [0.5, 0.6) is 0 Å². The monoisotopic (exact) mass is 479 g/mol. The average Bonchev–Trinajstić information content (AvgIpc) is 2.89. The smallest absolute Gasteiger partial charge is 0.267 e. The molecule has 5 rings (SSSR count). The van der Waals surface area contributed by atoms with Crippen LogP contribution in [0.2, 0.25) is 0 Å². The second-order valence-electron chi connectivity index (χ2n) is 8.67. The van der Waals surface area contributed by atoms with Crippen LogP contribution in [0.15, 0.2) is 126 Å². The van der Waals surface area contributed by atoms with Crippen LogP contribution < -0.4 is 0 Å². The van der Waals surface area contributed by atoms with Crippen molar-refractivity contribution >= 4 is 22.0 Å². The van der Waals surface area contributed by atoms with Gasteiger partial charge in [-0.05, 0) is 35.7 Å². The lowest BCUT2D eigenvalue weighted by molar-refractivity contribution is -0.144. The van der Waals surface area contributed by atoms with E-state index in [1.165, 1.54) is 0 Å². The quantitative estimate of drug-likeness (QED) is 0.339. The molecule has 5 heteroatoms. The summed E-state index contributed by atoms with van der Waals surface area (Å²) in [6, 6.07) is 34.4. The molecule has 1 aliphatic heterocycles. The van der Waals surface area contributed by atoms with Gasteiger partial charge in [-0.3, -0.25) is 4.79 Å². The molecule has 4 aromatic rings. The van der Waals surface area contributed by atoms with Crippen molar-refractivity contribution in [1.29, 1.82) is 0 Å². The minimum Gasteiger partial charge on any atom is -0.272 e. The standard InChI is InChI=1S/C30H25NO3S/c1-23-17-20-27(21-18-23)35(33,34)31-28(22-19-24-11-5-2-6-12-24)30(29(31)32,25-13-7-3-8-14-25)26-15-9-4-10-16-26/h2-22,28H,1H3/b22-19+/t28-/m0/s1. The molecule has 0 unspecified atom stereocenters. The summed E-state index contributed by atoms with van der Waals surface area (Å²) >= 11 is 0. The van der Waals surface area contributed by atoms with Crippen molar-refractivity contribution in [3.8, 4) is 0 Å². The molecule has 0 bridgehead atoms. The first-order valence-electron chi connectivity index (χ1n) is 11.5. The van der Waals surface area contributed by atoms with E-state index in [0.717, 1.165) is 26.6 Å². The Hall–Kier alpha value is -3.96. The molecule has 1 saturated heterocycles. The minimum absolute atomic E-state index is 0.101. The average molecular weight is 480 g/mol. The Kier molecular flexibility index (Phi) is 5.87. The van der Waals surface area contributed by atoms with Crippen LogP contribution in [-0.4, -0.2) is 24.7 Å². The van der Waals surface area contributed by atoms with Crippen molar-refractivity contribution < 1.29 is 13.2 Å². The van der Waals surface area contributed by atoms with Gasteiger partial charge in [-0.1, -0.05) is 121 Å². The Bertz CT molecular complexity index is 1420. The fourth-order valence-corrected chi connectivity index (χ4v) is 6.36. The minimum atomic E-state index is -4.08. The lowest BCUT2D eigenvalue weighted by Crippen LogP contribution is -2.72. The van der Waals surface area contributed by atoms with E-state index in [4.69, 9.17) is 0 Å². The van der Waals surface area contributed by atoms with Crippen LogP contribution in [0, 0.1) is 6.92 Å². The van der Waals surface area contributed by atoms with E-state index < -0.39 is 27.4 Å². The highest BCUT2D eigenvalue weighted by Gasteiger charge is 2.65. The van der Waals surface area contributed by atoms with Crippen molar-refractivity contribution in [2.24, 2.45) is 0 Å². The van der Waals surface area contributed by atoms with Gasteiger partial charge in [0.1, 0.15) is 5.41 Å². The summed E-state index contributed by atoms with van der Waals surface area (Å²) in [6.07, 6.45) is 3.72. The number of rotatable bonds is 6. The van der Waals surface area contributed by atoms with Gasteiger partial charge in [0.25, 0.3) is 15.9 Å². The maximum absolute atomic E-state index is 14.1. The van der Waals surface area contributed by atoms with E-state index in [0.29, 0.717) is 0 Å². The number of benzene rings is 4. The second kappa shape index (κ2) is 9.01. The predicted molar refractivity (Wildman–Crippen MR) is 138 cm³/mol. The number of sulfonamides is 1. The van der Waals surface area contributed by atoms with Crippen molar-refractivity contribution in [2.75, 3.05) is 0 Å². The first-order valence-corrected chi connectivity index (χ1v) is 12.9. The fraction of sp³-hybridized carbons (Fsp3) is 0.100. The molecule has 174 valence electrons. The number of carbonyl (C=O) groups excluding carboxylic acids is 1. The maximum Gasteiger partial charge on any atom is 0.267 e. The molecular formula is C30H25NO3S. The zero-order valence-electron chi connectivity index (χ0n) is 19.3. The van der Waals surface area contributed by atoms with Crippen LogP contribution in [0.25, 0.3) is 6.08 Å². The summed E-state index contributed by atoms with van der Waals surface area (Å²) in [7, 11) is -4.08. The number of carbonyl (C=O) groups is 1. The van der Waals surface area contributed by atoms with E-state index in [9.17, 15) is 13.2 Å². The molecule has 0 spiro atoms. The first-order chi connectivity index (χ1) is 17.0. The van der Waals surface area contributed by atoms with Crippen molar-refractivity contribution in [1.82, 2.24) is 4.31 Å². The number of aryl methyl sites for hydroxylation is 1. The molecule has 1 atom stereocenters. The number of β-lactam (4-membered cyclic amide) rings is 1. The summed E-state index contributed by atoms with van der Waals surface area (Å²) in [5, 5.41) is 0. The lowest BCUT2D eigenvalue weighted by atomic mass is 9.63. The third kappa shape index (κ3) is 3.78. The molecule has 0 radical (unpaired) electrons. The molecule has 0 aliphatic carbocycles. The van der Waals surface area contributed by atoms with Crippen LogP contribution in [0.1, 0.15) is 22.3 Å². The topological polar surface area (TPSA) is 54.5 Å². The van der Waals surface area contributed by atoms with Crippen LogP contribution >= 0.6 is 0 Å². The number of hydrogen-bond donors (Lipinski definition) is 0. The first kappa shape index (κ1) is 22.8. The van der Waals surface area contributed by atoms with Gasteiger partial charge in [-0.15, -0.1) is 0 Å². The summed E-state index contributed by atoms with van der Waals surface area (Å²) in [5.74, 6) is -0.460. The van der Waals surface area contributed by atoms with Gasteiger partial charge in [0.05, 0.1) is 10.9 Å². The molecule has 1 aliphatic rings. The normalized spacial score (nSPS) is 17.3. The van der Waals surface area contributed by atoms with Gasteiger partial charge in [-0.2, -0.15) is 0 Å². The molecule has 35 heavy (non-hydrogen) atoms. The molecule has 1 fully saturated rings. The van der Waals surface area contributed by atoms with E-state index in [1.807, 2.05) is 110 Å². The van der Waals surface area contributed by atoms with Gasteiger partial charge in [0, 0.05) is 0 Å². The van der Waals surface area contributed by atoms with Crippen molar-refractivity contribution in [3.05, 3.63) is 144 Å². The Labute approximate surface area is 206 Å². The molecule has 0 N–H and O–H groups in total. The summed E-state index contributed by atoms with van der Waals surface area (Å²) in [5.41, 5.74) is 2.23. The largest absolute Gasteiger partial charge is 0.272 e. The molecule has 4 aromatic carbocycles. The molecule has 4 nitrogen and oxygen atoms in total. The third-order valence-electron chi connectivity index (χ3n) is 6.54. The number of nitrogens with zero attached hydrogens (tertiary/aromatic N) is 1. The van der Waals surface area contributed by atoms with Crippen molar-refractivity contribution in [3.63, 3.8) is 0 Å². The summed E-state index contributed by atoms with van der Waals surface area (Å²) in [4.78, 5) is 14.2. The van der Waals surface area contributed by atoms with Gasteiger partial charge < -0.3 is 0 Å². The van der Waals surface area contributed by atoms with Gasteiger partial charge in [0.2, 0.25) is 0 Å². The van der Waals surface area contributed by atoms with Gasteiger partial charge in [0.15, 0.2) is 0 Å².